The summed E-state index contributed by atoms with van der Waals surface area (Å²) < 4.78 is 0. The Kier molecular flexibility index (Phi) is 4.58. The molecular weight excluding hydrogens is 336 g/mol. The first kappa shape index (κ1) is 16.7. The molecule has 8 heteroatoms. The zero-order valence-electron chi connectivity index (χ0n) is 14.8. The second kappa shape index (κ2) is 6.86. The molecule has 0 atom stereocenters. The van der Waals surface area contributed by atoms with E-state index in [-0.39, 0.29) is 5.56 Å². The third kappa shape index (κ3) is 3.61. The predicted octanol–water partition coefficient (Wildman–Crippen LogP) is 0.845. The van der Waals surface area contributed by atoms with E-state index in [0.717, 1.165) is 62.1 Å². The lowest BCUT2D eigenvalue weighted by atomic mass is 10.1. The minimum atomic E-state index is 0.00892. The second-order valence-electron chi connectivity index (χ2n) is 6.94. The molecule has 4 heterocycles. The van der Waals surface area contributed by atoms with Gasteiger partial charge < -0.3 is 14.8 Å². The van der Waals surface area contributed by atoms with Crippen LogP contribution < -0.4 is 10.5 Å². The maximum absolute atomic E-state index is 12.2. The molecule has 0 bridgehead atoms. The van der Waals surface area contributed by atoms with Crippen molar-refractivity contribution in [2.45, 2.75) is 26.4 Å². The molecule has 1 N–H and O–H groups in total. The van der Waals surface area contributed by atoms with E-state index in [2.05, 4.69) is 36.7 Å². The molecule has 7 nitrogen and oxygen atoms in total. The van der Waals surface area contributed by atoms with Gasteiger partial charge in [0.15, 0.2) is 5.13 Å². The number of piperazine rings is 1. The van der Waals surface area contributed by atoms with Crippen LogP contribution in [-0.2, 0) is 19.5 Å². The van der Waals surface area contributed by atoms with Crippen molar-refractivity contribution in [1.82, 2.24) is 24.8 Å². The van der Waals surface area contributed by atoms with Gasteiger partial charge in [-0.1, -0.05) is 0 Å². The largest absolute Gasteiger partial charge is 0.346 e. The van der Waals surface area contributed by atoms with Crippen molar-refractivity contribution in [2.24, 2.45) is 0 Å². The lowest BCUT2D eigenvalue weighted by Crippen LogP contribution is -2.44. The molecule has 2 aromatic heterocycles. The van der Waals surface area contributed by atoms with Crippen LogP contribution in [0.3, 0.4) is 0 Å². The molecule has 0 aliphatic carbocycles. The molecule has 2 aliphatic heterocycles. The molecule has 0 radical (unpaired) electrons. The van der Waals surface area contributed by atoms with E-state index in [9.17, 15) is 4.79 Å². The van der Waals surface area contributed by atoms with Gasteiger partial charge in [0.25, 0.3) is 5.56 Å². The maximum Gasteiger partial charge on any atom is 0.255 e. The summed E-state index contributed by atoms with van der Waals surface area (Å²) in [4.78, 5) is 32.4. The number of thiazole rings is 1. The van der Waals surface area contributed by atoms with Crippen molar-refractivity contribution in [3.8, 4) is 0 Å². The van der Waals surface area contributed by atoms with Gasteiger partial charge in [-0.25, -0.2) is 9.97 Å². The van der Waals surface area contributed by atoms with Crippen LogP contribution in [-0.4, -0.2) is 64.5 Å². The van der Waals surface area contributed by atoms with Crippen molar-refractivity contribution in [3.63, 3.8) is 0 Å². The fourth-order valence-corrected chi connectivity index (χ4v) is 4.48. The third-order valence-corrected chi connectivity index (χ3v) is 6.00. The summed E-state index contributed by atoms with van der Waals surface area (Å²) in [5.74, 6) is 0.705. The first-order valence-corrected chi connectivity index (χ1v) is 9.59. The van der Waals surface area contributed by atoms with E-state index >= 15 is 0 Å². The molecular formula is C17H24N6OS. The summed E-state index contributed by atoms with van der Waals surface area (Å²) >= 11 is 1.78. The molecule has 134 valence electrons. The number of nitrogens with zero attached hydrogens (tertiary/aromatic N) is 5. The van der Waals surface area contributed by atoms with Gasteiger partial charge in [0.2, 0.25) is 0 Å². The first-order valence-electron chi connectivity index (χ1n) is 8.78. The highest BCUT2D eigenvalue weighted by molar-refractivity contribution is 7.15. The molecule has 2 aromatic rings. The highest BCUT2D eigenvalue weighted by Gasteiger charge is 2.22. The summed E-state index contributed by atoms with van der Waals surface area (Å²) in [6.45, 7) is 8.55. The lowest BCUT2D eigenvalue weighted by molar-refractivity contribution is 0.243. The number of hydrogen-bond donors (Lipinski definition) is 1. The number of rotatable bonds is 3. The summed E-state index contributed by atoms with van der Waals surface area (Å²) in [5, 5.41) is 1.12. The Labute approximate surface area is 151 Å². The Morgan fingerprint density at radius 2 is 2.04 bits per heavy atom. The summed E-state index contributed by atoms with van der Waals surface area (Å²) in [6, 6.07) is 0. The van der Waals surface area contributed by atoms with Crippen LogP contribution in [0, 0.1) is 6.92 Å². The standard InChI is InChI=1S/C17H24N6OS/c1-12-19-15-3-4-22(11-14(15)16(24)20-12)10-13-9-18-17(25-13)23-7-5-21(2)6-8-23/h9H,3-8,10-11H2,1-2H3,(H,19,20,24). The van der Waals surface area contributed by atoms with E-state index in [1.165, 1.54) is 4.88 Å². The maximum atomic E-state index is 12.2. The lowest BCUT2D eigenvalue weighted by Gasteiger charge is -2.32. The zero-order chi connectivity index (χ0) is 17.4. The van der Waals surface area contributed by atoms with Gasteiger partial charge in [-0.15, -0.1) is 11.3 Å². The normalized spacial score (nSPS) is 19.2. The smallest absolute Gasteiger partial charge is 0.255 e. The summed E-state index contributed by atoms with van der Waals surface area (Å²) in [7, 11) is 2.16. The number of aryl methyl sites for hydroxylation is 1. The van der Waals surface area contributed by atoms with Gasteiger partial charge in [0, 0.05) is 63.3 Å². The average Bonchev–Trinajstić information content (AvgIpc) is 3.04. The summed E-state index contributed by atoms with van der Waals surface area (Å²) in [5.41, 5.74) is 1.79. The quantitative estimate of drug-likeness (QED) is 0.875. The van der Waals surface area contributed by atoms with Crippen LogP contribution in [0.15, 0.2) is 11.0 Å². The predicted molar refractivity (Wildman–Crippen MR) is 99.2 cm³/mol. The molecule has 0 aromatic carbocycles. The molecule has 0 amide bonds. The number of likely N-dealkylation sites (N-methyl/N-ethyl adjacent to an activating group) is 1. The van der Waals surface area contributed by atoms with E-state index in [1.807, 2.05) is 13.1 Å². The first-order chi connectivity index (χ1) is 12.1. The Hall–Kier alpha value is -1.77. The number of nitrogens with one attached hydrogen (secondary N) is 1. The Morgan fingerprint density at radius 1 is 1.24 bits per heavy atom. The molecule has 4 rings (SSSR count). The number of hydrogen-bond acceptors (Lipinski definition) is 7. The topological polar surface area (TPSA) is 68.4 Å². The van der Waals surface area contributed by atoms with E-state index < -0.39 is 0 Å². The van der Waals surface area contributed by atoms with E-state index in [4.69, 9.17) is 0 Å². The number of aromatic amines is 1. The molecule has 0 saturated carbocycles. The fourth-order valence-electron chi connectivity index (χ4n) is 3.47. The van der Waals surface area contributed by atoms with Crippen molar-refractivity contribution in [2.75, 3.05) is 44.7 Å². The van der Waals surface area contributed by atoms with Crippen LogP contribution in [0.1, 0.15) is 22.0 Å². The highest BCUT2D eigenvalue weighted by atomic mass is 32.1. The van der Waals surface area contributed by atoms with E-state index in [1.54, 1.807) is 11.3 Å². The van der Waals surface area contributed by atoms with Crippen LogP contribution in [0.5, 0.6) is 0 Å². The van der Waals surface area contributed by atoms with Gasteiger partial charge in [-0.3, -0.25) is 9.69 Å². The van der Waals surface area contributed by atoms with Gasteiger partial charge >= 0.3 is 0 Å². The van der Waals surface area contributed by atoms with Gasteiger partial charge in [-0.2, -0.15) is 0 Å². The number of aromatic nitrogens is 3. The monoisotopic (exact) mass is 360 g/mol. The summed E-state index contributed by atoms with van der Waals surface area (Å²) in [6.07, 6.45) is 2.83. The molecule has 2 aliphatic rings. The highest BCUT2D eigenvalue weighted by Crippen LogP contribution is 2.26. The number of fused-ring (bicyclic) bond motifs is 1. The van der Waals surface area contributed by atoms with Crippen LogP contribution in [0.4, 0.5) is 5.13 Å². The van der Waals surface area contributed by atoms with Gasteiger partial charge in [0.1, 0.15) is 5.82 Å². The second-order valence-corrected chi connectivity index (χ2v) is 8.03. The molecule has 1 fully saturated rings. The SMILES string of the molecule is Cc1nc2c(c(=O)[nH]1)CN(Cc1cnc(N3CCN(C)CC3)s1)CC2. The molecule has 0 unspecified atom stereocenters. The number of anilines is 1. The van der Waals surface area contributed by atoms with Crippen LogP contribution in [0.2, 0.25) is 0 Å². The van der Waals surface area contributed by atoms with Crippen molar-refractivity contribution in [3.05, 3.63) is 38.5 Å². The van der Waals surface area contributed by atoms with Crippen molar-refractivity contribution < 1.29 is 0 Å². The Balaban J connectivity index is 1.42. The van der Waals surface area contributed by atoms with Crippen molar-refractivity contribution >= 4 is 16.5 Å². The zero-order valence-corrected chi connectivity index (χ0v) is 15.6. The van der Waals surface area contributed by atoms with Gasteiger partial charge in [0.05, 0.1) is 11.3 Å². The van der Waals surface area contributed by atoms with E-state index in [0.29, 0.717) is 12.4 Å². The minimum absolute atomic E-state index is 0.00892. The number of H-pyrrole nitrogens is 1. The molecule has 25 heavy (non-hydrogen) atoms. The minimum Gasteiger partial charge on any atom is -0.346 e. The molecule has 1 saturated heterocycles. The van der Waals surface area contributed by atoms with Crippen molar-refractivity contribution in [1.29, 1.82) is 0 Å². The average molecular weight is 360 g/mol. The fraction of sp³-hybridized carbons (Fsp3) is 0.588. The Bertz CT molecular complexity index is 808. The Morgan fingerprint density at radius 3 is 2.84 bits per heavy atom. The molecule has 0 spiro atoms. The van der Waals surface area contributed by atoms with Gasteiger partial charge in [-0.05, 0) is 14.0 Å². The third-order valence-electron chi connectivity index (χ3n) is 4.96. The van der Waals surface area contributed by atoms with Crippen LogP contribution in [0.25, 0.3) is 0 Å². The van der Waals surface area contributed by atoms with Crippen LogP contribution >= 0.6 is 11.3 Å².